The fraction of sp³-hybridized carbons (Fsp3) is 0.364. The lowest BCUT2D eigenvalue weighted by molar-refractivity contribution is -0.151. The maximum absolute atomic E-state index is 13.6. The fourth-order valence-electron chi connectivity index (χ4n) is 1.41. The van der Waals surface area contributed by atoms with Gasteiger partial charge in [0.25, 0.3) is 0 Å². The molecular weight excluding hydrogens is 231 g/mol. The minimum atomic E-state index is -1.76. The van der Waals surface area contributed by atoms with Crippen LogP contribution in [0, 0.1) is 5.82 Å². The van der Waals surface area contributed by atoms with Crippen LogP contribution < -0.4 is 9.47 Å². The fourth-order valence-corrected chi connectivity index (χ4v) is 1.41. The molecule has 5 nitrogen and oxygen atoms in total. The number of halogens is 1. The molecule has 1 aromatic carbocycles. The number of rotatable bonds is 4. The van der Waals surface area contributed by atoms with Crippen molar-refractivity contribution in [1.29, 1.82) is 0 Å². The Labute approximate surface area is 97.7 Å². The second-order valence-electron chi connectivity index (χ2n) is 3.12. The third-order valence-corrected chi connectivity index (χ3v) is 2.23. The van der Waals surface area contributed by atoms with E-state index in [1.54, 1.807) is 0 Å². The van der Waals surface area contributed by atoms with Crippen LogP contribution in [-0.4, -0.2) is 32.4 Å². The Morgan fingerprint density at radius 1 is 1.29 bits per heavy atom. The van der Waals surface area contributed by atoms with Gasteiger partial charge in [-0.15, -0.1) is 0 Å². The van der Waals surface area contributed by atoms with Gasteiger partial charge in [-0.25, -0.2) is 9.18 Å². The first kappa shape index (κ1) is 13.2. The van der Waals surface area contributed by atoms with Crippen LogP contribution in [0.4, 0.5) is 4.39 Å². The van der Waals surface area contributed by atoms with Gasteiger partial charge in [0.15, 0.2) is 17.6 Å². The molecule has 6 heteroatoms. The number of ether oxygens (including phenoxy) is 3. The van der Waals surface area contributed by atoms with E-state index in [0.29, 0.717) is 0 Å². The van der Waals surface area contributed by atoms with Gasteiger partial charge in [-0.3, -0.25) is 0 Å². The smallest absolute Gasteiger partial charge is 0.339 e. The SMILES string of the molecule is COC(=O)C(O)c1c(F)ccc(OC)c1OC. The van der Waals surface area contributed by atoms with E-state index in [-0.39, 0.29) is 17.1 Å². The van der Waals surface area contributed by atoms with E-state index in [1.165, 1.54) is 20.3 Å². The molecule has 1 aromatic rings. The van der Waals surface area contributed by atoms with Gasteiger partial charge in [-0.05, 0) is 12.1 Å². The molecule has 0 aliphatic rings. The molecule has 1 rings (SSSR count). The summed E-state index contributed by atoms with van der Waals surface area (Å²) < 4.78 is 27.8. The molecule has 1 unspecified atom stereocenters. The highest BCUT2D eigenvalue weighted by atomic mass is 19.1. The highest BCUT2D eigenvalue weighted by Gasteiger charge is 2.28. The molecular formula is C11H13FO5. The number of esters is 1. The minimum absolute atomic E-state index is 0.0367. The van der Waals surface area contributed by atoms with Crippen LogP contribution in [-0.2, 0) is 9.53 Å². The van der Waals surface area contributed by atoms with Crippen molar-refractivity contribution in [2.24, 2.45) is 0 Å². The van der Waals surface area contributed by atoms with Crippen molar-refractivity contribution < 1.29 is 28.5 Å². The summed E-state index contributed by atoms with van der Waals surface area (Å²) in [5, 5.41) is 9.65. The molecule has 0 saturated heterocycles. The van der Waals surface area contributed by atoms with Crippen LogP contribution >= 0.6 is 0 Å². The average molecular weight is 244 g/mol. The minimum Gasteiger partial charge on any atom is -0.493 e. The number of aliphatic hydroxyl groups excluding tert-OH is 1. The summed E-state index contributed by atoms with van der Waals surface area (Å²) in [4.78, 5) is 11.2. The zero-order chi connectivity index (χ0) is 13.0. The first-order valence-electron chi connectivity index (χ1n) is 4.73. The number of hydrogen-bond donors (Lipinski definition) is 1. The summed E-state index contributed by atoms with van der Waals surface area (Å²) in [6.07, 6.45) is -1.76. The molecule has 94 valence electrons. The van der Waals surface area contributed by atoms with Gasteiger partial charge in [0, 0.05) is 0 Å². The number of methoxy groups -OCH3 is 3. The Hall–Kier alpha value is -1.82. The summed E-state index contributed by atoms with van der Waals surface area (Å²) in [6.45, 7) is 0. The summed E-state index contributed by atoms with van der Waals surface area (Å²) in [6, 6.07) is 2.41. The zero-order valence-corrected chi connectivity index (χ0v) is 9.69. The van der Waals surface area contributed by atoms with Gasteiger partial charge in [-0.2, -0.15) is 0 Å². The van der Waals surface area contributed by atoms with E-state index in [0.717, 1.165) is 13.2 Å². The average Bonchev–Trinajstić information content (AvgIpc) is 2.36. The summed E-state index contributed by atoms with van der Waals surface area (Å²) >= 11 is 0. The predicted octanol–water partition coefficient (Wildman–Crippen LogP) is 1.05. The Kier molecular flexibility index (Phi) is 4.28. The van der Waals surface area contributed by atoms with E-state index in [2.05, 4.69) is 4.74 Å². The first-order chi connectivity index (χ1) is 8.06. The van der Waals surface area contributed by atoms with Gasteiger partial charge in [0.05, 0.1) is 26.9 Å². The number of carbonyl (C=O) groups is 1. The molecule has 0 saturated carbocycles. The molecule has 0 spiro atoms. The van der Waals surface area contributed by atoms with Gasteiger partial charge in [0.1, 0.15) is 5.82 Å². The number of benzene rings is 1. The van der Waals surface area contributed by atoms with Crippen LogP contribution in [0.1, 0.15) is 11.7 Å². The second-order valence-corrected chi connectivity index (χ2v) is 3.12. The normalized spacial score (nSPS) is 11.8. The molecule has 1 N–H and O–H groups in total. The van der Waals surface area contributed by atoms with Gasteiger partial charge < -0.3 is 19.3 Å². The molecule has 0 amide bonds. The maximum atomic E-state index is 13.6. The lowest BCUT2D eigenvalue weighted by Crippen LogP contribution is -2.16. The largest absolute Gasteiger partial charge is 0.493 e. The highest BCUT2D eigenvalue weighted by Crippen LogP contribution is 2.36. The zero-order valence-electron chi connectivity index (χ0n) is 9.69. The second kappa shape index (κ2) is 5.49. The third kappa shape index (κ3) is 2.47. The number of hydrogen-bond acceptors (Lipinski definition) is 5. The molecule has 0 radical (unpaired) electrons. The van der Waals surface area contributed by atoms with E-state index >= 15 is 0 Å². The molecule has 0 aromatic heterocycles. The summed E-state index contributed by atoms with van der Waals surface area (Å²) in [5.41, 5.74) is -0.307. The van der Waals surface area contributed by atoms with Crippen molar-refractivity contribution >= 4 is 5.97 Å². The number of aliphatic hydroxyl groups is 1. The van der Waals surface area contributed by atoms with E-state index in [4.69, 9.17) is 9.47 Å². The van der Waals surface area contributed by atoms with E-state index in [1.807, 2.05) is 0 Å². The Bertz CT molecular complexity index is 419. The third-order valence-electron chi connectivity index (χ3n) is 2.23. The van der Waals surface area contributed by atoms with Gasteiger partial charge >= 0.3 is 5.97 Å². The topological polar surface area (TPSA) is 65.0 Å². The number of carbonyl (C=O) groups excluding carboxylic acids is 1. The molecule has 0 aliphatic heterocycles. The van der Waals surface area contributed by atoms with Crippen LogP contribution in [0.25, 0.3) is 0 Å². The lowest BCUT2D eigenvalue weighted by atomic mass is 10.1. The lowest BCUT2D eigenvalue weighted by Gasteiger charge is -2.16. The van der Waals surface area contributed by atoms with Crippen molar-refractivity contribution in [2.45, 2.75) is 6.10 Å². The Morgan fingerprint density at radius 2 is 1.94 bits per heavy atom. The molecule has 0 bridgehead atoms. The highest BCUT2D eigenvalue weighted by molar-refractivity contribution is 5.77. The van der Waals surface area contributed by atoms with Crippen molar-refractivity contribution in [3.63, 3.8) is 0 Å². The van der Waals surface area contributed by atoms with Crippen molar-refractivity contribution in [1.82, 2.24) is 0 Å². The quantitative estimate of drug-likeness (QED) is 0.802. The maximum Gasteiger partial charge on any atom is 0.339 e. The molecule has 0 aliphatic carbocycles. The summed E-state index contributed by atoms with van der Waals surface area (Å²) in [5.74, 6) is -1.58. The predicted molar refractivity (Wildman–Crippen MR) is 56.5 cm³/mol. The molecule has 1 atom stereocenters. The first-order valence-corrected chi connectivity index (χ1v) is 4.73. The van der Waals surface area contributed by atoms with Crippen LogP contribution in [0.5, 0.6) is 11.5 Å². The molecule has 17 heavy (non-hydrogen) atoms. The van der Waals surface area contributed by atoms with E-state index < -0.39 is 17.9 Å². The van der Waals surface area contributed by atoms with E-state index in [9.17, 15) is 14.3 Å². The monoisotopic (exact) mass is 244 g/mol. The molecule has 0 heterocycles. The van der Waals surface area contributed by atoms with Crippen molar-refractivity contribution in [3.8, 4) is 11.5 Å². The standard InChI is InChI=1S/C11H13FO5/c1-15-7-5-4-6(12)8(10(7)16-2)9(13)11(14)17-3/h4-5,9,13H,1-3H3. The van der Waals surface area contributed by atoms with Crippen LogP contribution in [0.15, 0.2) is 12.1 Å². The van der Waals surface area contributed by atoms with Crippen molar-refractivity contribution in [2.75, 3.05) is 21.3 Å². The van der Waals surface area contributed by atoms with Gasteiger partial charge in [0.2, 0.25) is 0 Å². The van der Waals surface area contributed by atoms with Gasteiger partial charge in [-0.1, -0.05) is 0 Å². The van der Waals surface area contributed by atoms with Crippen LogP contribution in [0.3, 0.4) is 0 Å². The summed E-state index contributed by atoms with van der Waals surface area (Å²) in [7, 11) is 3.74. The van der Waals surface area contributed by atoms with Crippen LogP contribution in [0.2, 0.25) is 0 Å². The Balaban J connectivity index is 3.34. The molecule has 0 fully saturated rings. The Morgan fingerprint density at radius 3 is 2.41 bits per heavy atom. The van der Waals surface area contributed by atoms with Crippen molar-refractivity contribution in [3.05, 3.63) is 23.5 Å².